The second-order valence-corrected chi connectivity index (χ2v) is 6.28. The number of ether oxygens (including phenoxy) is 1. The number of amides is 1. The zero-order valence-electron chi connectivity index (χ0n) is 11.9. The first-order valence-corrected chi connectivity index (χ1v) is 7.71. The van der Waals surface area contributed by atoms with Crippen LogP contribution in [0, 0.1) is 0 Å². The molecule has 0 aliphatic heterocycles. The van der Waals surface area contributed by atoms with Crippen LogP contribution in [0.1, 0.15) is 22.2 Å². The fourth-order valence-corrected chi connectivity index (χ4v) is 3.08. The molecule has 1 amide bonds. The second kappa shape index (κ2) is 6.83. The number of methoxy groups -OCH3 is 1. The number of nitrogens with two attached hydrogens (primary N) is 1. The molecule has 6 heteroatoms. The summed E-state index contributed by atoms with van der Waals surface area (Å²) in [4.78, 5) is 15.4. The molecule has 1 heterocycles. The van der Waals surface area contributed by atoms with Crippen molar-refractivity contribution in [3.8, 4) is 5.75 Å². The standard InChI is InChI=1S/C15H17ClN2O2S/c1-3-18(9-11-5-7-14(16)21-11)15(19)10-4-6-12(17)13(8-10)20-2/h4-8H,3,9,17H2,1-2H3. The van der Waals surface area contributed by atoms with Crippen LogP contribution in [0.15, 0.2) is 30.3 Å². The van der Waals surface area contributed by atoms with Gasteiger partial charge in [0, 0.05) is 17.0 Å². The van der Waals surface area contributed by atoms with Gasteiger partial charge in [0.2, 0.25) is 0 Å². The van der Waals surface area contributed by atoms with Gasteiger partial charge in [0.1, 0.15) is 5.75 Å². The van der Waals surface area contributed by atoms with Crippen molar-refractivity contribution in [3.63, 3.8) is 0 Å². The maximum atomic E-state index is 12.6. The number of halogens is 1. The predicted octanol–water partition coefficient (Wildman–Crippen LogP) is 3.65. The van der Waals surface area contributed by atoms with Gasteiger partial charge in [-0.2, -0.15) is 0 Å². The lowest BCUT2D eigenvalue weighted by Crippen LogP contribution is -2.30. The monoisotopic (exact) mass is 324 g/mol. The van der Waals surface area contributed by atoms with Crippen LogP contribution >= 0.6 is 22.9 Å². The molecule has 0 aliphatic carbocycles. The molecule has 0 fully saturated rings. The molecule has 1 aromatic heterocycles. The molecule has 1 aromatic carbocycles. The zero-order chi connectivity index (χ0) is 15.4. The first-order chi connectivity index (χ1) is 10.0. The van der Waals surface area contributed by atoms with Crippen LogP contribution in [0.4, 0.5) is 5.69 Å². The summed E-state index contributed by atoms with van der Waals surface area (Å²) in [6.45, 7) is 3.10. The molecule has 0 saturated carbocycles. The van der Waals surface area contributed by atoms with E-state index in [1.807, 2.05) is 19.1 Å². The van der Waals surface area contributed by atoms with Crippen LogP contribution in [0.2, 0.25) is 4.34 Å². The van der Waals surface area contributed by atoms with E-state index in [-0.39, 0.29) is 5.91 Å². The minimum absolute atomic E-state index is 0.0553. The van der Waals surface area contributed by atoms with E-state index < -0.39 is 0 Å². The first kappa shape index (κ1) is 15.7. The lowest BCUT2D eigenvalue weighted by Gasteiger charge is -2.20. The normalized spacial score (nSPS) is 10.4. The Balaban J connectivity index is 2.19. The van der Waals surface area contributed by atoms with Gasteiger partial charge in [-0.15, -0.1) is 11.3 Å². The van der Waals surface area contributed by atoms with E-state index >= 15 is 0 Å². The van der Waals surface area contributed by atoms with Crippen molar-refractivity contribution >= 4 is 34.5 Å². The minimum atomic E-state index is -0.0553. The zero-order valence-corrected chi connectivity index (χ0v) is 13.5. The van der Waals surface area contributed by atoms with Gasteiger partial charge in [-0.3, -0.25) is 4.79 Å². The van der Waals surface area contributed by atoms with E-state index in [0.717, 1.165) is 9.21 Å². The molecule has 21 heavy (non-hydrogen) atoms. The van der Waals surface area contributed by atoms with Gasteiger partial charge in [-0.05, 0) is 37.3 Å². The molecule has 4 nitrogen and oxygen atoms in total. The highest BCUT2D eigenvalue weighted by Gasteiger charge is 2.16. The fraction of sp³-hybridized carbons (Fsp3) is 0.267. The smallest absolute Gasteiger partial charge is 0.254 e. The number of thiophene rings is 1. The number of carbonyl (C=O) groups excluding carboxylic acids is 1. The van der Waals surface area contributed by atoms with Gasteiger partial charge >= 0.3 is 0 Å². The highest BCUT2D eigenvalue weighted by Crippen LogP contribution is 2.25. The largest absolute Gasteiger partial charge is 0.495 e. The van der Waals surface area contributed by atoms with Crippen molar-refractivity contribution in [3.05, 3.63) is 45.1 Å². The summed E-state index contributed by atoms with van der Waals surface area (Å²) in [5.41, 5.74) is 6.85. The van der Waals surface area contributed by atoms with Gasteiger partial charge in [0.05, 0.1) is 23.7 Å². The van der Waals surface area contributed by atoms with Gasteiger partial charge in [0.25, 0.3) is 5.91 Å². The van der Waals surface area contributed by atoms with Crippen molar-refractivity contribution in [2.45, 2.75) is 13.5 Å². The third-order valence-electron chi connectivity index (χ3n) is 3.12. The van der Waals surface area contributed by atoms with Crippen LogP contribution in [-0.2, 0) is 6.54 Å². The number of nitrogen functional groups attached to an aromatic ring is 1. The summed E-state index contributed by atoms with van der Waals surface area (Å²) in [7, 11) is 1.53. The Morgan fingerprint density at radius 1 is 1.38 bits per heavy atom. The quantitative estimate of drug-likeness (QED) is 0.854. The third-order valence-corrected chi connectivity index (χ3v) is 4.34. The summed E-state index contributed by atoms with van der Waals surface area (Å²) in [5.74, 6) is 0.455. The van der Waals surface area contributed by atoms with Crippen LogP contribution in [0.3, 0.4) is 0 Å². The highest BCUT2D eigenvalue weighted by molar-refractivity contribution is 7.16. The Hall–Kier alpha value is -1.72. The van der Waals surface area contributed by atoms with Gasteiger partial charge in [-0.25, -0.2) is 0 Å². The number of benzene rings is 1. The maximum Gasteiger partial charge on any atom is 0.254 e. The third kappa shape index (κ3) is 3.68. The number of hydrogen-bond donors (Lipinski definition) is 1. The van der Waals surface area contributed by atoms with Crippen LogP contribution in [0.25, 0.3) is 0 Å². The average Bonchev–Trinajstić information content (AvgIpc) is 2.90. The Labute approximate surface area is 133 Å². The van der Waals surface area contributed by atoms with E-state index in [2.05, 4.69) is 0 Å². The van der Waals surface area contributed by atoms with Crippen molar-refractivity contribution in [1.82, 2.24) is 4.90 Å². The Bertz CT molecular complexity index is 642. The number of nitrogens with zero attached hydrogens (tertiary/aromatic N) is 1. The van der Waals surface area contributed by atoms with E-state index in [4.69, 9.17) is 22.1 Å². The second-order valence-electron chi connectivity index (χ2n) is 4.48. The molecule has 2 N–H and O–H groups in total. The maximum absolute atomic E-state index is 12.6. The fourth-order valence-electron chi connectivity index (χ4n) is 1.98. The summed E-state index contributed by atoms with van der Waals surface area (Å²) in [6.07, 6.45) is 0. The average molecular weight is 325 g/mol. The topological polar surface area (TPSA) is 55.6 Å². The van der Waals surface area contributed by atoms with Crippen molar-refractivity contribution in [2.24, 2.45) is 0 Å². The molecular weight excluding hydrogens is 308 g/mol. The van der Waals surface area contributed by atoms with Crippen LogP contribution < -0.4 is 10.5 Å². The number of anilines is 1. The predicted molar refractivity (Wildman–Crippen MR) is 87.1 cm³/mol. The molecule has 112 valence electrons. The molecule has 0 spiro atoms. The lowest BCUT2D eigenvalue weighted by molar-refractivity contribution is 0.0754. The molecule has 0 saturated heterocycles. The van der Waals surface area contributed by atoms with E-state index in [1.165, 1.54) is 18.4 Å². The van der Waals surface area contributed by atoms with Crippen LogP contribution in [0.5, 0.6) is 5.75 Å². The Kier molecular flexibility index (Phi) is 5.09. The van der Waals surface area contributed by atoms with Crippen molar-refractivity contribution < 1.29 is 9.53 Å². The summed E-state index contributed by atoms with van der Waals surface area (Å²) >= 11 is 7.41. The number of rotatable bonds is 5. The van der Waals surface area contributed by atoms with Gasteiger partial charge < -0.3 is 15.4 Å². The Morgan fingerprint density at radius 2 is 2.14 bits per heavy atom. The summed E-state index contributed by atoms with van der Waals surface area (Å²) in [5, 5.41) is 0. The summed E-state index contributed by atoms with van der Waals surface area (Å²) < 4.78 is 5.88. The lowest BCUT2D eigenvalue weighted by atomic mass is 10.1. The Morgan fingerprint density at radius 3 is 2.71 bits per heavy atom. The molecule has 0 radical (unpaired) electrons. The molecule has 2 aromatic rings. The number of carbonyl (C=O) groups is 1. The molecule has 0 bridgehead atoms. The van der Waals surface area contributed by atoms with E-state index in [9.17, 15) is 4.79 Å². The van der Waals surface area contributed by atoms with Crippen molar-refractivity contribution in [2.75, 3.05) is 19.4 Å². The molecule has 2 rings (SSSR count). The van der Waals surface area contributed by atoms with Gasteiger partial charge in [-0.1, -0.05) is 11.6 Å². The molecule has 0 atom stereocenters. The van der Waals surface area contributed by atoms with E-state index in [0.29, 0.717) is 30.1 Å². The summed E-state index contributed by atoms with van der Waals surface area (Å²) in [6, 6.07) is 8.84. The molecular formula is C15H17ClN2O2S. The van der Waals surface area contributed by atoms with Crippen LogP contribution in [-0.4, -0.2) is 24.5 Å². The molecule has 0 unspecified atom stereocenters. The van der Waals surface area contributed by atoms with Crippen molar-refractivity contribution in [1.29, 1.82) is 0 Å². The van der Waals surface area contributed by atoms with E-state index in [1.54, 1.807) is 23.1 Å². The first-order valence-electron chi connectivity index (χ1n) is 6.52. The highest BCUT2D eigenvalue weighted by atomic mass is 35.5. The number of hydrogen-bond acceptors (Lipinski definition) is 4. The van der Waals surface area contributed by atoms with Gasteiger partial charge in [0.15, 0.2) is 0 Å². The molecule has 0 aliphatic rings. The SMILES string of the molecule is CCN(Cc1ccc(Cl)s1)C(=O)c1ccc(N)c(OC)c1. The minimum Gasteiger partial charge on any atom is -0.495 e.